The van der Waals surface area contributed by atoms with Crippen molar-refractivity contribution in [2.45, 2.75) is 25.2 Å². The molecule has 8 heteroatoms. The number of imidazole rings is 1. The van der Waals surface area contributed by atoms with E-state index in [0.717, 1.165) is 75.0 Å². The van der Waals surface area contributed by atoms with Crippen molar-refractivity contribution in [1.82, 2.24) is 19.9 Å². The number of nitrogens with one attached hydrogen (secondary N) is 1. The first-order chi connectivity index (χ1) is 17.5. The molecule has 1 unspecified atom stereocenters. The molecule has 0 amide bonds. The van der Waals surface area contributed by atoms with Crippen molar-refractivity contribution in [2.24, 2.45) is 17.4 Å². The highest BCUT2D eigenvalue weighted by atomic mass is 32.1. The van der Waals surface area contributed by atoms with Crippen LogP contribution in [0.4, 0.5) is 5.69 Å². The predicted octanol–water partition coefficient (Wildman–Crippen LogP) is 4.57. The molecule has 3 aliphatic rings. The van der Waals surface area contributed by atoms with Crippen molar-refractivity contribution in [1.29, 1.82) is 0 Å². The molecule has 7 nitrogen and oxygen atoms in total. The van der Waals surface area contributed by atoms with Gasteiger partial charge in [0.05, 0.1) is 17.1 Å². The molecule has 3 aliphatic carbocycles. The van der Waals surface area contributed by atoms with E-state index in [1.54, 1.807) is 23.7 Å². The highest BCUT2D eigenvalue weighted by Crippen LogP contribution is 2.55. The fourth-order valence-corrected chi connectivity index (χ4v) is 6.14. The number of fused-ring (bicyclic) bond motifs is 4. The van der Waals surface area contributed by atoms with Gasteiger partial charge in [0.15, 0.2) is 0 Å². The third kappa shape index (κ3) is 3.45. The van der Waals surface area contributed by atoms with E-state index in [2.05, 4.69) is 38.9 Å². The largest absolute Gasteiger partial charge is 0.402 e. The van der Waals surface area contributed by atoms with E-state index in [9.17, 15) is 0 Å². The lowest BCUT2D eigenvalue weighted by atomic mass is 9.96. The molecule has 4 heterocycles. The summed E-state index contributed by atoms with van der Waals surface area (Å²) in [6.45, 7) is 0. The molecule has 0 radical (unpaired) electrons. The van der Waals surface area contributed by atoms with Crippen molar-refractivity contribution >= 4 is 28.2 Å². The fourth-order valence-electron chi connectivity index (χ4n) is 5.49. The molecular weight excluding hydrogens is 466 g/mol. The number of aromatic nitrogens is 4. The van der Waals surface area contributed by atoms with E-state index < -0.39 is 0 Å². The molecule has 1 saturated carbocycles. The van der Waals surface area contributed by atoms with E-state index >= 15 is 0 Å². The summed E-state index contributed by atoms with van der Waals surface area (Å²) < 4.78 is 0. The number of nitrogens with two attached hydrogens (primary N) is 3. The van der Waals surface area contributed by atoms with E-state index in [0.29, 0.717) is 23.9 Å². The summed E-state index contributed by atoms with van der Waals surface area (Å²) in [6, 6.07) is 6.13. The van der Waals surface area contributed by atoms with Crippen molar-refractivity contribution in [3.63, 3.8) is 0 Å². The number of nitrogens with zero attached hydrogens (tertiary/aromatic N) is 3. The summed E-state index contributed by atoms with van der Waals surface area (Å²) in [5.41, 5.74) is 30.5. The SMILES string of the molecule is NC1=CC=C(c2ccsc2)c2nc(C3=C(N)C[C@@H]4CC4c4cnc(-c5cncc(N)c5)cc43)[nH]c2C1. The number of rotatable bonds is 3. The molecular formula is C28H25N7S. The molecule has 0 bridgehead atoms. The van der Waals surface area contributed by atoms with Gasteiger partial charge in [0.25, 0.3) is 0 Å². The molecule has 0 aromatic carbocycles. The van der Waals surface area contributed by atoms with Crippen LogP contribution >= 0.6 is 11.3 Å². The summed E-state index contributed by atoms with van der Waals surface area (Å²) in [5.74, 6) is 1.80. The lowest BCUT2D eigenvalue weighted by Gasteiger charge is -2.14. The van der Waals surface area contributed by atoms with Crippen LogP contribution in [0.25, 0.3) is 22.4 Å². The summed E-state index contributed by atoms with van der Waals surface area (Å²) in [4.78, 5) is 17.8. The Morgan fingerprint density at radius 1 is 1.03 bits per heavy atom. The van der Waals surface area contributed by atoms with Crippen LogP contribution in [0.1, 0.15) is 52.7 Å². The smallest absolute Gasteiger partial charge is 0.140 e. The van der Waals surface area contributed by atoms with Crippen LogP contribution < -0.4 is 17.2 Å². The van der Waals surface area contributed by atoms with Gasteiger partial charge in [0, 0.05) is 58.8 Å². The second-order valence-corrected chi connectivity index (χ2v) is 10.6. The normalized spacial score (nSPS) is 20.4. The Morgan fingerprint density at radius 2 is 1.94 bits per heavy atom. The Kier molecular flexibility index (Phi) is 4.65. The van der Waals surface area contributed by atoms with Gasteiger partial charge in [-0.25, -0.2) is 4.98 Å². The number of thiophene rings is 1. The van der Waals surface area contributed by atoms with Crippen LogP contribution in [0.15, 0.2) is 71.1 Å². The van der Waals surface area contributed by atoms with Crippen molar-refractivity contribution in [2.75, 3.05) is 5.73 Å². The minimum absolute atomic E-state index is 0.476. The maximum absolute atomic E-state index is 6.82. The lowest BCUT2D eigenvalue weighted by Crippen LogP contribution is -2.06. The van der Waals surface area contributed by atoms with Crippen molar-refractivity contribution in [3.05, 3.63) is 105 Å². The van der Waals surface area contributed by atoms with Gasteiger partial charge in [-0.15, -0.1) is 0 Å². The number of hydrogen-bond donors (Lipinski definition) is 4. The van der Waals surface area contributed by atoms with E-state index in [4.69, 9.17) is 27.2 Å². The fraction of sp³-hybridized carbons (Fsp3) is 0.179. The van der Waals surface area contributed by atoms with Crippen LogP contribution in [0.5, 0.6) is 0 Å². The Balaban J connectivity index is 1.40. The summed E-state index contributed by atoms with van der Waals surface area (Å²) in [5, 5.41) is 4.22. The first-order valence-electron chi connectivity index (χ1n) is 12.0. The molecule has 178 valence electrons. The molecule has 1 fully saturated rings. The van der Waals surface area contributed by atoms with Gasteiger partial charge >= 0.3 is 0 Å². The molecule has 4 aromatic heterocycles. The number of aromatic amines is 1. The number of allylic oxidation sites excluding steroid dienone is 4. The Hall–Kier alpha value is -4.17. The monoisotopic (exact) mass is 491 g/mol. The second kappa shape index (κ2) is 7.93. The Bertz CT molecular complexity index is 1610. The third-order valence-electron chi connectivity index (χ3n) is 7.33. The van der Waals surface area contributed by atoms with Crippen molar-refractivity contribution in [3.8, 4) is 11.3 Å². The lowest BCUT2D eigenvalue weighted by molar-refractivity contribution is 0.786. The molecule has 2 atom stereocenters. The second-order valence-electron chi connectivity index (χ2n) is 9.79. The van der Waals surface area contributed by atoms with Gasteiger partial charge in [-0.3, -0.25) is 9.97 Å². The number of H-pyrrole nitrogens is 1. The standard InChI is InChI=1S/C28H25N7S/c29-17-1-2-19(14-3-4-36-13-14)27-25(8-17)34-28(35-27)26-21-9-24(16-5-18(30)11-32-10-16)33-12-22(21)20-6-15(20)7-23(26)31/h1-5,9-13,15,20H,6-8,29-31H2,(H,34,35)/t15-,20?/m0/s1. The summed E-state index contributed by atoms with van der Waals surface area (Å²) in [6.07, 6.45) is 12.1. The van der Waals surface area contributed by atoms with Gasteiger partial charge in [-0.2, -0.15) is 11.3 Å². The van der Waals surface area contributed by atoms with E-state index in [1.165, 1.54) is 5.56 Å². The van der Waals surface area contributed by atoms with Crippen LogP contribution in [0.2, 0.25) is 0 Å². The first-order valence-corrected chi connectivity index (χ1v) is 13.0. The summed E-state index contributed by atoms with van der Waals surface area (Å²) in [7, 11) is 0. The third-order valence-corrected chi connectivity index (χ3v) is 8.02. The quantitative estimate of drug-likeness (QED) is 0.332. The molecule has 0 spiro atoms. The zero-order valence-electron chi connectivity index (χ0n) is 19.5. The zero-order valence-corrected chi connectivity index (χ0v) is 20.3. The van der Waals surface area contributed by atoms with Gasteiger partial charge in [-0.05, 0) is 76.4 Å². The molecule has 36 heavy (non-hydrogen) atoms. The maximum atomic E-state index is 6.82. The first kappa shape index (κ1) is 21.1. The minimum Gasteiger partial charge on any atom is -0.402 e. The highest BCUT2D eigenvalue weighted by Gasteiger charge is 2.43. The van der Waals surface area contributed by atoms with E-state index in [1.807, 2.05) is 18.3 Å². The van der Waals surface area contributed by atoms with Gasteiger partial charge in [0.2, 0.25) is 0 Å². The van der Waals surface area contributed by atoms with Crippen LogP contribution in [-0.4, -0.2) is 19.9 Å². The Labute approximate surface area is 212 Å². The zero-order chi connectivity index (χ0) is 24.4. The minimum atomic E-state index is 0.476. The molecule has 0 aliphatic heterocycles. The van der Waals surface area contributed by atoms with Gasteiger partial charge in [-0.1, -0.05) is 6.08 Å². The van der Waals surface area contributed by atoms with E-state index in [-0.39, 0.29) is 0 Å². The maximum Gasteiger partial charge on any atom is 0.140 e. The van der Waals surface area contributed by atoms with Crippen LogP contribution in [0, 0.1) is 5.92 Å². The highest BCUT2D eigenvalue weighted by molar-refractivity contribution is 7.08. The van der Waals surface area contributed by atoms with Gasteiger partial charge < -0.3 is 22.2 Å². The number of anilines is 1. The van der Waals surface area contributed by atoms with Crippen LogP contribution in [0.3, 0.4) is 0 Å². The summed E-state index contributed by atoms with van der Waals surface area (Å²) >= 11 is 1.67. The molecule has 7 N–H and O–H groups in total. The average Bonchev–Trinajstić information content (AvgIpc) is 3.28. The van der Waals surface area contributed by atoms with Crippen LogP contribution in [-0.2, 0) is 6.42 Å². The number of nitrogen functional groups attached to an aromatic ring is 1. The van der Waals surface area contributed by atoms with Gasteiger partial charge in [0.1, 0.15) is 5.82 Å². The number of hydrogen-bond acceptors (Lipinski definition) is 7. The van der Waals surface area contributed by atoms with Crippen molar-refractivity contribution < 1.29 is 0 Å². The number of pyridine rings is 2. The average molecular weight is 492 g/mol. The molecule has 0 saturated heterocycles. The molecule has 4 aromatic rings. The molecule has 7 rings (SSSR count). The topological polar surface area (TPSA) is 133 Å². The predicted molar refractivity (Wildman–Crippen MR) is 144 cm³/mol. The Morgan fingerprint density at radius 3 is 2.78 bits per heavy atom.